The number of fused-ring (bicyclic) bond motifs is 2. The Hall–Kier alpha value is -3.08. The predicted octanol–water partition coefficient (Wildman–Crippen LogP) is 3.06. The van der Waals surface area contributed by atoms with Crippen molar-refractivity contribution in [3.63, 3.8) is 0 Å². The van der Waals surface area contributed by atoms with Gasteiger partial charge in [-0.1, -0.05) is 18.2 Å². The molecule has 0 unspecified atom stereocenters. The third-order valence-electron chi connectivity index (χ3n) is 2.99. The van der Waals surface area contributed by atoms with E-state index in [1.54, 1.807) is 36.7 Å². The first-order chi connectivity index (χ1) is 10.3. The van der Waals surface area contributed by atoms with E-state index in [1.165, 1.54) is 6.26 Å². The van der Waals surface area contributed by atoms with Crippen LogP contribution in [-0.4, -0.2) is 15.1 Å². The maximum absolute atomic E-state index is 10.9. The number of hydrogen-bond acceptors (Lipinski definition) is 4. The van der Waals surface area contributed by atoms with Crippen LogP contribution in [0.5, 0.6) is 5.75 Å². The highest BCUT2D eigenvalue weighted by Crippen LogP contribution is 2.20. The van der Waals surface area contributed by atoms with E-state index in [-0.39, 0.29) is 11.3 Å². The fourth-order valence-corrected chi connectivity index (χ4v) is 2.00. The molecule has 0 aliphatic heterocycles. The molecule has 0 spiro atoms. The Labute approximate surface area is 119 Å². The third-order valence-corrected chi connectivity index (χ3v) is 2.99. The topological polar surface area (TPSA) is 79.1 Å². The van der Waals surface area contributed by atoms with Crippen LogP contribution in [0.15, 0.2) is 70.3 Å². The smallest absolute Gasteiger partial charge is 0.291 e. The zero-order valence-electron chi connectivity index (χ0n) is 11.0. The lowest BCUT2D eigenvalue weighted by Gasteiger charge is -1.96. The molecule has 4 rings (SSSR count). The molecule has 0 radical (unpaired) electrons. The molecule has 0 amide bonds. The molecule has 0 aliphatic rings. The van der Waals surface area contributed by atoms with E-state index in [1.807, 2.05) is 18.2 Å². The minimum atomic E-state index is -0.178. The number of phenolic OH excluding ortho intramolecular Hbond substituents is 1. The normalized spacial score (nSPS) is 10.3. The number of hydrogen-bond donors (Lipinski definition) is 2. The summed E-state index contributed by atoms with van der Waals surface area (Å²) in [6.45, 7) is 0. The maximum Gasteiger partial charge on any atom is 0.291 e. The van der Waals surface area contributed by atoms with Crippen molar-refractivity contribution in [3.05, 3.63) is 71.5 Å². The number of benzene rings is 1. The van der Waals surface area contributed by atoms with Crippen molar-refractivity contribution in [3.8, 4) is 5.75 Å². The van der Waals surface area contributed by atoms with Gasteiger partial charge in [-0.3, -0.25) is 9.78 Å². The zero-order chi connectivity index (χ0) is 14.7. The molecular formula is C16H12N2O3. The summed E-state index contributed by atoms with van der Waals surface area (Å²) in [7, 11) is 0. The summed E-state index contributed by atoms with van der Waals surface area (Å²) < 4.78 is 4.90. The molecule has 5 nitrogen and oxygen atoms in total. The highest BCUT2D eigenvalue weighted by atomic mass is 16.3. The van der Waals surface area contributed by atoms with Crippen LogP contribution < -0.4 is 5.56 Å². The first-order valence-corrected chi connectivity index (χ1v) is 6.33. The molecule has 104 valence electrons. The molecule has 0 saturated heterocycles. The molecule has 5 heteroatoms. The Morgan fingerprint density at radius 3 is 2.71 bits per heavy atom. The van der Waals surface area contributed by atoms with E-state index in [4.69, 9.17) is 4.42 Å². The molecular weight excluding hydrogens is 268 g/mol. The Morgan fingerprint density at radius 1 is 1.05 bits per heavy atom. The summed E-state index contributed by atoms with van der Waals surface area (Å²) in [5.41, 5.74) is 0.875. The Balaban J connectivity index is 0.000000126. The molecule has 2 N–H and O–H groups in total. The van der Waals surface area contributed by atoms with Crippen LogP contribution in [0, 0.1) is 0 Å². The van der Waals surface area contributed by atoms with Crippen molar-refractivity contribution in [2.45, 2.75) is 0 Å². The van der Waals surface area contributed by atoms with Crippen molar-refractivity contribution >= 4 is 21.9 Å². The number of pyridine rings is 2. The van der Waals surface area contributed by atoms with Crippen LogP contribution in [-0.2, 0) is 0 Å². The van der Waals surface area contributed by atoms with Crippen LogP contribution in [0.3, 0.4) is 0 Å². The van der Waals surface area contributed by atoms with Crippen molar-refractivity contribution in [1.82, 2.24) is 9.97 Å². The number of aromatic nitrogens is 2. The zero-order valence-corrected chi connectivity index (χ0v) is 11.0. The highest BCUT2D eigenvalue weighted by molar-refractivity contribution is 5.83. The highest BCUT2D eigenvalue weighted by Gasteiger charge is 1.97. The molecule has 0 aliphatic carbocycles. The van der Waals surface area contributed by atoms with Gasteiger partial charge in [0, 0.05) is 23.2 Å². The number of rotatable bonds is 0. The van der Waals surface area contributed by atoms with Gasteiger partial charge in [0.1, 0.15) is 11.3 Å². The SMILES string of the molecule is O=c1[nH]ccc2ccoc12.Oc1cccc2cccnc12. The second-order valence-corrected chi connectivity index (χ2v) is 4.36. The van der Waals surface area contributed by atoms with Crippen LogP contribution in [0.2, 0.25) is 0 Å². The largest absolute Gasteiger partial charge is 0.506 e. The average Bonchev–Trinajstić information content (AvgIpc) is 2.99. The van der Waals surface area contributed by atoms with E-state index in [0.717, 1.165) is 10.8 Å². The number of H-pyrrole nitrogens is 1. The molecule has 0 bridgehead atoms. The van der Waals surface area contributed by atoms with Gasteiger partial charge in [-0.25, -0.2) is 0 Å². The lowest BCUT2D eigenvalue weighted by atomic mass is 10.2. The molecule has 0 fully saturated rings. The van der Waals surface area contributed by atoms with Gasteiger partial charge < -0.3 is 14.5 Å². The number of nitrogens with one attached hydrogen (secondary N) is 1. The van der Waals surface area contributed by atoms with Crippen molar-refractivity contribution in [2.24, 2.45) is 0 Å². The van der Waals surface area contributed by atoms with Gasteiger partial charge in [-0.2, -0.15) is 0 Å². The molecule has 21 heavy (non-hydrogen) atoms. The summed E-state index contributed by atoms with van der Waals surface area (Å²) >= 11 is 0. The number of aromatic amines is 1. The third kappa shape index (κ3) is 2.62. The number of aromatic hydroxyl groups is 1. The first kappa shape index (κ1) is 12.9. The lowest BCUT2D eigenvalue weighted by Crippen LogP contribution is -2.01. The summed E-state index contributed by atoms with van der Waals surface area (Å²) in [4.78, 5) is 17.4. The second-order valence-electron chi connectivity index (χ2n) is 4.36. The Morgan fingerprint density at radius 2 is 1.90 bits per heavy atom. The van der Waals surface area contributed by atoms with E-state index in [9.17, 15) is 9.90 Å². The van der Waals surface area contributed by atoms with Crippen molar-refractivity contribution in [2.75, 3.05) is 0 Å². The number of nitrogens with zero attached hydrogens (tertiary/aromatic N) is 1. The van der Waals surface area contributed by atoms with Crippen LogP contribution in [0.1, 0.15) is 0 Å². The standard InChI is InChI=1S/C9H7NO.C7H5NO2/c11-8-5-1-3-7-4-2-6-10-9(7)8;9-7-6-5(1-3-8-7)2-4-10-6/h1-6,11H;1-4H,(H,8,9). The van der Waals surface area contributed by atoms with Gasteiger partial charge >= 0.3 is 0 Å². The fourth-order valence-electron chi connectivity index (χ4n) is 2.00. The molecule has 4 aromatic rings. The fraction of sp³-hybridized carbons (Fsp3) is 0. The average molecular weight is 280 g/mol. The van der Waals surface area contributed by atoms with Crippen LogP contribution in [0.4, 0.5) is 0 Å². The summed E-state index contributed by atoms with van der Waals surface area (Å²) in [6, 6.07) is 12.7. The molecule has 3 heterocycles. The lowest BCUT2D eigenvalue weighted by molar-refractivity contribution is 0.480. The summed E-state index contributed by atoms with van der Waals surface area (Å²) in [5.74, 6) is 0.239. The Kier molecular flexibility index (Phi) is 3.39. The summed E-state index contributed by atoms with van der Waals surface area (Å²) in [6.07, 6.45) is 4.77. The number of phenols is 1. The van der Waals surface area contributed by atoms with Crippen LogP contribution >= 0.6 is 0 Å². The molecule has 0 atom stereocenters. The van der Waals surface area contributed by atoms with Gasteiger partial charge in [0.05, 0.1) is 6.26 Å². The van der Waals surface area contributed by atoms with E-state index in [0.29, 0.717) is 11.1 Å². The van der Waals surface area contributed by atoms with Crippen molar-refractivity contribution in [1.29, 1.82) is 0 Å². The Bertz CT molecular complexity index is 935. The van der Waals surface area contributed by atoms with Crippen LogP contribution in [0.25, 0.3) is 21.9 Å². The molecule has 3 aromatic heterocycles. The van der Waals surface area contributed by atoms with Gasteiger partial charge in [-0.15, -0.1) is 0 Å². The monoisotopic (exact) mass is 280 g/mol. The van der Waals surface area contributed by atoms with Gasteiger partial charge in [0.15, 0.2) is 5.58 Å². The van der Waals surface area contributed by atoms with Crippen molar-refractivity contribution < 1.29 is 9.52 Å². The number of para-hydroxylation sites is 1. The van der Waals surface area contributed by atoms with E-state index in [2.05, 4.69) is 9.97 Å². The van der Waals surface area contributed by atoms with E-state index < -0.39 is 0 Å². The van der Waals surface area contributed by atoms with Gasteiger partial charge in [-0.05, 0) is 24.3 Å². The van der Waals surface area contributed by atoms with Gasteiger partial charge in [0.25, 0.3) is 5.56 Å². The second kappa shape index (κ2) is 5.50. The molecule has 0 saturated carbocycles. The maximum atomic E-state index is 10.9. The van der Waals surface area contributed by atoms with E-state index >= 15 is 0 Å². The minimum Gasteiger partial charge on any atom is -0.506 e. The summed E-state index contributed by atoms with van der Waals surface area (Å²) in [5, 5.41) is 11.1. The first-order valence-electron chi connectivity index (χ1n) is 6.33. The van der Waals surface area contributed by atoms with Gasteiger partial charge in [0.2, 0.25) is 0 Å². The minimum absolute atomic E-state index is 0.178. The quantitative estimate of drug-likeness (QED) is 0.519. The predicted molar refractivity (Wildman–Crippen MR) is 80.2 cm³/mol. The molecule has 1 aromatic carbocycles. The number of furan rings is 1.